The molecule has 2 N–H and O–H groups in total. The molecule has 0 aliphatic rings. The van der Waals surface area contributed by atoms with E-state index in [-0.39, 0.29) is 5.41 Å². The van der Waals surface area contributed by atoms with Crippen molar-refractivity contribution in [2.24, 2.45) is 11.1 Å². The molecule has 0 aliphatic carbocycles. The third kappa shape index (κ3) is 4.18. The topological polar surface area (TPSA) is 66.6 Å². The Morgan fingerprint density at radius 3 is 2.24 bits per heavy atom. The summed E-state index contributed by atoms with van der Waals surface area (Å²) in [6.07, 6.45) is 0. The first-order valence-electron chi connectivity index (χ1n) is 7.12. The first kappa shape index (κ1) is 17.9. The smallest absolute Gasteiger partial charge is 0.244 e. The molecule has 21 heavy (non-hydrogen) atoms. The minimum atomic E-state index is -3.46. The molecule has 0 atom stereocenters. The Morgan fingerprint density at radius 1 is 1.19 bits per heavy atom. The van der Waals surface area contributed by atoms with E-state index in [1.54, 1.807) is 26.2 Å². The minimum absolute atomic E-state index is 0.0784. The molecule has 0 bridgehead atoms. The normalized spacial score (nSPS) is 12.7. The maximum Gasteiger partial charge on any atom is 0.244 e. The summed E-state index contributed by atoms with van der Waals surface area (Å²) in [4.78, 5) is 2.41. The molecular weight excluding hydrogens is 286 g/mol. The second kappa shape index (κ2) is 6.77. The van der Waals surface area contributed by atoms with Gasteiger partial charge < -0.3 is 10.6 Å². The van der Waals surface area contributed by atoms with Gasteiger partial charge >= 0.3 is 0 Å². The Bertz CT molecular complexity index is 568. The number of hydrogen-bond acceptors (Lipinski definition) is 4. The number of rotatable bonds is 7. The Morgan fingerprint density at radius 2 is 1.76 bits per heavy atom. The van der Waals surface area contributed by atoms with Crippen molar-refractivity contribution < 1.29 is 8.42 Å². The third-order valence-electron chi connectivity index (χ3n) is 3.52. The number of sulfonamides is 1. The molecule has 0 heterocycles. The zero-order valence-corrected chi connectivity index (χ0v) is 14.4. The fourth-order valence-corrected chi connectivity index (χ4v) is 3.19. The zero-order chi connectivity index (χ0) is 16.3. The van der Waals surface area contributed by atoms with Crippen LogP contribution in [-0.2, 0) is 10.0 Å². The summed E-state index contributed by atoms with van der Waals surface area (Å²) in [5.74, 6) is 0. The first-order valence-corrected chi connectivity index (χ1v) is 8.56. The SMILES string of the molecule is CCN(CC(C)(C)CN)c1ccccc1S(=O)(=O)N(C)C. The van der Waals surface area contributed by atoms with E-state index >= 15 is 0 Å². The second-order valence-corrected chi connectivity index (χ2v) is 8.26. The quantitative estimate of drug-likeness (QED) is 0.833. The number of nitrogens with two attached hydrogens (primary N) is 1. The van der Waals surface area contributed by atoms with E-state index in [1.807, 2.05) is 19.1 Å². The molecule has 0 fully saturated rings. The van der Waals surface area contributed by atoms with Gasteiger partial charge in [-0.3, -0.25) is 0 Å². The molecule has 1 aromatic rings. The standard InChI is InChI=1S/C15H27N3O2S/c1-6-18(12-15(2,3)11-16)13-9-7-8-10-14(13)21(19,20)17(4)5/h7-10H,6,11-12,16H2,1-5H3. The highest BCUT2D eigenvalue weighted by atomic mass is 32.2. The van der Waals surface area contributed by atoms with Gasteiger partial charge in [0.1, 0.15) is 4.90 Å². The van der Waals surface area contributed by atoms with E-state index in [9.17, 15) is 8.42 Å². The van der Waals surface area contributed by atoms with Crippen molar-refractivity contribution >= 4 is 15.7 Å². The summed E-state index contributed by atoms with van der Waals surface area (Å²) in [6.45, 7) is 8.17. The van der Waals surface area contributed by atoms with Crippen molar-refractivity contribution in [2.75, 3.05) is 38.6 Å². The summed E-state index contributed by atoms with van der Waals surface area (Å²) in [5.41, 5.74) is 6.46. The van der Waals surface area contributed by atoms with E-state index < -0.39 is 10.0 Å². The van der Waals surface area contributed by atoms with Gasteiger partial charge in [-0.05, 0) is 31.0 Å². The van der Waals surface area contributed by atoms with Crippen molar-refractivity contribution in [3.63, 3.8) is 0 Å². The summed E-state index contributed by atoms with van der Waals surface area (Å²) < 4.78 is 26.2. The molecule has 120 valence electrons. The average Bonchev–Trinajstić information content (AvgIpc) is 2.44. The fourth-order valence-electron chi connectivity index (χ4n) is 2.08. The number of para-hydroxylation sites is 1. The highest BCUT2D eigenvalue weighted by Gasteiger charge is 2.26. The minimum Gasteiger partial charge on any atom is -0.370 e. The van der Waals surface area contributed by atoms with Gasteiger partial charge in [0.05, 0.1) is 5.69 Å². The van der Waals surface area contributed by atoms with Crippen molar-refractivity contribution in [2.45, 2.75) is 25.7 Å². The van der Waals surface area contributed by atoms with Crippen LogP contribution in [0.25, 0.3) is 0 Å². The van der Waals surface area contributed by atoms with Crippen LogP contribution in [0.3, 0.4) is 0 Å². The number of benzene rings is 1. The van der Waals surface area contributed by atoms with Crippen LogP contribution in [0.4, 0.5) is 5.69 Å². The molecule has 0 saturated carbocycles. The number of anilines is 1. The van der Waals surface area contributed by atoms with Crippen molar-refractivity contribution in [1.29, 1.82) is 0 Å². The van der Waals surface area contributed by atoms with Crippen LogP contribution in [0.1, 0.15) is 20.8 Å². The predicted octanol–water partition coefficient (Wildman–Crippen LogP) is 1.75. The highest BCUT2D eigenvalue weighted by Crippen LogP contribution is 2.29. The summed E-state index contributed by atoms with van der Waals surface area (Å²) >= 11 is 0. The predicted molar refractivity (Wildman–Crippen MR) is 88.0 cm³/mol. The van der Waals surface area contributed by atoms with E-state index in [0.29, 0.717) is 18.0 Å². The molecular formula is C15H27N3O2S. The Labute approximate surface area is 128 Å². The monoisotopic (exact) mass is 313 g/mol. The van der Waals surface area contributed by atoms with Gasteiger partial charge in [0.2, 0.25) is 10.0 Å². The van der Waals surface area contributed by atoms with Crippen LogP contribution >= 0.6 is 0 Å². The van der Waals surface area contributed by atoms with Gasteiger partial charge in [-0.2, -0.15) is 0 Å². The lowest BCUT2D eigenvalue weighted by molar-refractivity contribution is 0.379. The molecule has 6 heteroatoms. The van der Waals surface area contributed by atoms with Crippen LogP contribution in [-0.4, -0.2) is 46.5 Å². The van der Waals surface area contributed by atoms with Crippen LogP contribution in [0.5, 0.6) is 0 Å². The van der Waals surface area contributed by atoms with Crippen molar-refractivity contribution in [3.8, 4) is 0 Å². The molecule has 1 aromatic carbocycles. The largest absolute Gasteiger partial charge is 0.370 e. The number of nitrogens with zero attached hydrogens (tertiary/aromatic N) is 2. The molecule has 0 aliphatic heterocycles. The van der Waals surface area contributed by atoms with Crippen molar-refractivity contribution in [1.82, 2.24) is 4.31 Å². The second-order valence-electron chi connectivity index (χ2n) is 6.14. The van der Waals surface area contributed by atoms with Gasteiger partial charge in [0, 0.05) is 27.2 Å². The molecule has 1 rings (SSSR count). The van der Waals surface area contributed by atoms with E-state index in [2.05, 4.69) is 18.7 Å². The number of hydrogen-bond donors (Lipinski definition) is 1. The van der Waals surface area contributed by atoms with Gasteiger partial charge in [0.25, 0.3) is 0 Å². The van der Waals surface area contributed by atoms with E-state index in [1.165, 1.54) is 4.31 Å². The first-order chi connectivity index (χ1) is 9.65. The third-order valence-corrected chi connectivity index (χ3v) is 5.38. The molecule has 0 unspecified atom stereocenters. The maximum atomic E-state index is 12.5. The van der Waals surface area contributed by atoms with Gasteiger partial charge in [-0.15, -0.1) is 0 Å². The molecule has 5 nitrogen and oxygen atoms in total. The Hall–Kier alpha value is -1.11. The van der Waals surface area contributed by atoms with E-state index in [4.69, 9.17) is 5.73 Å². The lowest BCUT2D eigenvalue weighted by Gasteiger charge is -2.34. The summed E-state index contributed by atoms with van der Waals surface area (Å²) in [5, 5.41) is 0. The summed E-state index contributed by atoms with van der Waals surface area (Å²) in [6, 6.07) is 7.12. The zero-order valence-electron chi connectivity index (χ0n) is 13.6. The Kier molecular flexibility index (Phi) is 5.78. The maximum absolute atomic E-state index is 12.5. The average molecular weight is 313 g/mol. The lowest BCUT2D eigenvalue weighted by atomic mass is 9.93. The van der Waals surface area contributed by atoms with Crippen LogP contribution in [0.15, 0.2) is 29.2 Å². The van der Waals surface area contributed by atoms with Crippen molar-refractivity contribution in [3.05, 3.63) is 24.3 Å². The highest BCUT2D eigenvalue weighted by molar-refractivity contribution is 7.89. The van der Waals surface area contributed by atoms with E-state index in [0.717, 1.165) is 12.2 Å². The van der Waals surface area contributed by atoms with Crippen LogP contribution in [0.2, 0.25) is 0 Å². The van der Waals surface area contributed by atoms with Gasteiger partial charge in [-0.1, -0.05) is 26.0 Å². The molecule has 0 radical (unpaired) electrons. The van der Waals surface area contributed by atoms with Gasteiger partial charge in [-0.25, -0.2) is 12.7 Å². The van der Waals surface area contributed by atoms with Crippen LogP contribution < -0.4 is 10.6 Å². The molecule has 0 saturated heterocycles. The van der Waals surface area contributed by atoms with Gasteiger partial charge in [0.15, 0.2) is 0 Å². The van der Waals surface area contributed by atoms with Crippen LogP contribution in [0, 0.1) is 5.41 Å². The molecule has 0 aromatic heterocycles. The Balaban J connectivity index is 3.30. The summed E-state index contributed by atoms with van der Waals surface area (Å²) in [7, 11) is -0.369. The lowest BCUT2D eigenvalue weighted by Crippen LogP contribution is -2.39. The fraction of sp³-hybridized carbons (Fsp3) is 0.600. The molecule has 0 spiro atoms. The molecule has 0 amide bonds.